The van der Waals surface area contributed by atoms with Crippen LogP contribution in [0.3, 0.4) is 0 Å². The van der Waals surface area contributed by atoms with Gasteiger partial charge < -0.3 is 0 Å². The van der Waals surface area contributed by atoms with Gasteiger partial charge in [0.05, 0.1) is 10.7 Å². The Morgan fingerprint density at radius 3 is 2.67 bits per heavy atom. The van der Waals surface area contributed by atoms with Gasteiger partial charge in [0.15, 0.2) is 0 Å². The van der Waals surface area contributed by atoms with Crippen LogP contribution >= 0.6 is 11.3 Å². The van der Waals surface area contributed by atoms with Crippen molar-refractivity contribution in [2.24, 2.45) is 28.6 Å². The fourth-order valence-corrected chi connectivity index (χ4v) is 9.56. The highest BCUT2D eigenvalue weighted by atomic mass is 32.1. The van der Waals surface area contributed by atoms with E-state index in [1.54, 1.807) is 4.88 Å². The first kappa shape index (κ1) is 19.2. The van der Waals surface area contributed by atoms with Gasteiger partial charge in [0.2, 0.25) is 0 Å². The first-order chi connectivity index (χ1) is 14.5. The molecule has 2 nitrogen and oxygen atoms in total. The molecule has 4 aliphatic rings. The molecule has 30 heavy (non-hydrogen) atoms. The second kappa shape index (κ2) is 6.76. The average molecular weight is 420 g/mol. The third-order valence-corrected chi connectivity index (χ3v) is 11.0. The lowest BCUT2D eigenvalue weighted by Crippen LogP contribution is -2.52. The minimum Gasteiger partial charge on any atom is -0.299 e. The predicted molar refractivity (Wildman–Crippen MR) is 122 cm³/mol. The monoisotopic (exact) mass is 419 g/mol. The van der Waals surface area contributed by atoms with Crippen LogP contribution in [0.5, 0.6) is 0 Å². The number of rotatable bonds is 2. The molecule has 158 valence electrons. The number of Topliss-reactive ketones (excluding diaryl/α,β-unsaturated/α-hetero) is 1. The Bertz CT molecular complexity index is 980. The second-order valence-corrected chi connectivity index (χ2v) is 12.1. The lowest BCUT2D eigenvalue weighted by Gasteiger charge is -2.59. The third kappa shape index (κ3) is 2.66. The molecule has 0 N–H and O–H groups in total. The number of aryl methyl sites for hydroxylation is 1. The van der Waals surface area contributed by atoms with E-state index in [9.17, 15) is 4.79 Å². The zero-order chi connectivity index (χ0) is 20.5. The average Bonchev–Trinajstić information content (AvgIpc) is 3.28. The van der Waals surface area contributed by atoms with E-state index in [2.05, 4.69) is 44.2 Å². The van der Waals surface area contributed by atoms with E-state index in [1.165, 1.54) is 41.9 Å². The maximum absolute atomic E-state index is 12.7. The molecule has 2 aromatic rings. The van der Waals surface area contributed by atoms with Gasteiger partial charge in [-0.3, -0.25) is 4.79 Å². The standard InChI is InChI=1S/C27H33NOS/c1-26-15-13-22-25(30-24(28-22)16-17-6-4-3-5-7-17)21(26)9-8-18-19-10-11-23(29)27(19,2)14-12-20(18)26/h3-7,18-21H,8-16H2,1-2H3/t18-,19-,20-,21?,26+,27-/m0/s1. The number of aromatic nitrogens is 1. The largest absolute Gasteiger partial charge is 0.299 e. The minimum atomic E-state index is -0.00245. The summed E-state index contributed by atoms with van der Waals surface area (Å²) < 4.78 is 0. The summed E-state index contributed by atoms with van der Waals surface area (Å²) in [4.78, 5) is 19.4. The summed E-state index contributed by atoms with van der Waals surface area (Å²) in [6.07, 6.45) is 10.4. The van der Waals surface area contributed by atoms with Gasteiger partial charge in [0, 0.05) is 29.1 Å². The molecule has 0 radical (unpaired) electrons. The molecular formula is C27H33NOS. The summed E-state index contributed by atoms with van der Waals surface area (Å²) in [7, 11) is 0. The SMILES string of the molecule is C[C@]12CCc3nc(Cc4ccccc4)sc3C1CC[C@@H]1[C@@H]2CC[C@]2(C)C(=O)CC[C@@H]12. The van der Waals surface area contributed by atoms with E-state index in [0.29, 0.717) is 23.0 Å². The van der Waals surface area contributed by atoms with Crippen molar-refractivity contribution in [1.82, 2.24) is 4.98 Å². The van der Waals surface area contributed by atoms with Crippen LogP contribution in [-0.4, -0.2) is 10.8 Å². The summed E-state index contributed by atoms with van der Waals surface area (Å²) in [5.41, 5.74) is 3.17. The lowest BCUT2D eigenvalue weighted by molar-refractivity contribution is -0.134. The van der Waals surface area contributed by atoms with Gasteiger partial charge >= 0.3 is 0 Å². The summed E-state index contributed by atoms with van der Waals surface area (Å²) in [5.74, 6) is 3.48. The van der Waals surface area contributed by atoms with E-state index < -0.39 is 0 Å². The lowest BCUT2D eigenvalue weighted by atomic mass is 9.46. The summed E-state index contributed by atoms with van der Waals surface area (Å²) in [5, 5.41) is 1.30. The first-order valence-corrected chi connectivity index (χ1v) is 12.9. The van der Waals surface area contributed by atoms with E-state index in [1.807, 2.05) is 11.3 Å². The molecule has 0 bridgehead atoms. The number of hydrogen-bond acceptors (Lipinski definition) is 3. The zero-order valence-corrected chi connectivity index (χ0v) is 19.1. The summed E-state index contributed by atoms with van der Waals surface area (Å²) in [6, 6.07) is 10.8. The van der Waals surface area contributed by atoms with Crippen LogP contribution in [0, 0.1) is 28.6 Å². The van der Waals surface area contributed by atoms with Crippen molar-refractivity contribution in [2.45, 2.75) is 77.6 Å². The first-order valence-electron chi connectivity index (χ1n) is 12.0. The van der Waals surface area contributed by atoms with Crippen molar-refractivity contribution in [3.05, 3.63) is 51.5 Å². The number of fused-ring (bicyclic) bond motifs is 7. The molecule has 3 heteroatoms. The van der Waals surface area contributed by atoms with E-state index in [-0.39, 0.29) is 5.41 Å². The van der Waals surface area contributed by atoms with Crippen LogP contribution in [0.4, 0.5) is 0 Å². The Morgan fingerprint density at radius 2 is 1.83 bits per heavy atom. The van der Waals surface area contributed by atoms with Gasteiger partial charge in [-0.05, 0) is 73.7 Å². The summed E-state index contributed by atoms with van der Waals surface area (Å²) >= 11 is 2.01. The topological polar surface area (TPSA) is 30.0 Å². The molecule has 6 atom stereocenters. The molecular weight excluding hydrogens is 386 g/mol. The van der Waals surface area contributed by atoms with E-state index >= 15 is 0 Å². The van der Waals surface area contributed by atoms with Gasteiger partial charge in [0.1, 0.15) is 5.78 Å². The molecule has 3 saturated carbocycles. The second-order valence-electron chi connectivity index (χ2n) is 11.0. The van der Waals surface area contributed by atoms with Crippen molar-refractivity contribution in [3.63, 3.8) is 0 Å². The van der Waals surface area contributed by atoms with Crippen LogP contribution in [0.1, 0.15) is 85.9 Å². The van der Waals surface area contributed by atoms with Crippen molar-refractivity contribution < 1.29 is 4.79 Å². The van der Waals surface area contributed by atoms with Crippen molar-refractivity contribution >= 4 is 17.1 Å². The van der Waals surface area contributed by atoms with E-state index in [0.717, 1.165) is 43.9 Å². The highest BCUT2D eigenvalue weighted by Gasteiger charge is 2.60. The molecule has 1 aromatic heterocycles. The smallest absolute Gasteiger partial charge is 0.139 e. The van der Waals surface area contributed by atoms with E-state index in [4.69, 9.17) is 4.98 Å². The van der Waals surface area contributed by atoms with Gasteiger partial charge in [-0.2, -0.15) is 0 Å². The molecule has 1 aromatic carbocycles. The number of hydrogen-bond donors (Lipinski definition) is 0. The Kier molecular flexibility index (Phi) is 4.33. The van der Waals surface area contributed by atoms with Gasteiger partial charge in [-0.1, -0.05) is 44.2 Å². The highest BCUT2D eigenvalue weighted by molar-refractivity contribution is 7.11. The molecule has 0 aliphatic heterocycles. The highest BCUT2D eigenvalue weighted by Crippen LogP contribution is 2.67. The number of nitrogens with zero attached hydrogens (tertiary/aromatic N) is 1. The maximum Gasteiger partial charge on any atom is 0.139 e. The fourth-order valence-electron chi connectivity index (χ4n) is 8.12. The van der Waals surface area contributed by atoms with Crippen LogP contribution in [0.2, 0.25) is 0 Å². The van der Waals surface area contributed by atoms with Crippen LogP contribution in [0.25, 0.3) is 0 Å². The molecule has 0 spiro atoms. The minimum absolute atomic E-state index is 0.00245. The van der Waals surface area contributed by atoms with Crippen molar-refractivity contribution in [1.29, 1.82) is 0 Å². The number of ketones is 1. The number of carbonyl (C=O) groups excluding carboxylic acids is 1. The molecule has 4 aliphatic carbocycles. The Hall–Kier alpha value is -1.48. The number of thiazole rings is 1. The molecule has 6 rings (SSSR count). The molecule has 3 fully saturated rings. The predicted octanol–water partition coefficient (Wildman–Crippen LogP) is 6.58. The molecule has 0 amide bonds. The van der Waals surface area contributed by atoms with Crippen LogP contribution in [0.15, 0.2) is 30.3 Å². The Labute approximate surface area is 184 Å². The van der Waals surface area contributed by atoms with Gasteiger partial charge in [0.25, 0.3) is 0 Å². The number of benzene rings is 1. The number of carbonyl (C=O) groups is 1. The van der Waals surface area contributed by atoms with Crippen LogP contribution in [-0.2, 0) is 17.6 Å². The quantitative estimate of drug-likeness (QED) is 0.550. The zero-order valence-electron chi connectivity index (χ0n) is 18.3. The van der Waals surface area contributed by atoms with Crippen molar-refractivity contribution in [2.75, 3.05) is 0 Å². The Balaban J connectivity index is 1.30. The van der Waals surface area contributed by atoms with Crippen LogP contribution < -0.4 is 0 Å². The normalized spacial score (nSPS) is 39.7. The van der Waals surface area contributed by atoms with Gasteiger partial charge in [-0.25, -0.2) is 4.98 Å². The molecule has 0 saturated heterocycles. The third-order valence-electron chi connectivity index (χ3n) is 9.76. The van der Waals surface area contributed by atoms with Crippen molar-refractivity contribution in [3.8, 4) is 0 Å². The van der Waals surface area contributed by atoms with Gasteiger partial charge in [-0.15, -0.1) is 11.3 Å². The molecule has 1 unspecified atom stereocenters. The molecule has 1 heterocycles. The summed E-state index contributed by atoms with van der Waals surface area (Å²) in [6.45, 7) is 4.91. The Morgan fingerprint density at radius 1 is 1.00 bits per heavy atom. The maximum atomic E-state index is 12.7. The fraction of sp³-hybridized carbons (Fsp3) is 0.630.